The van der Waals surface area contributed by atoms with Crippen LogP contribution >= 0.6 is 0 Å². The van der Waals surface area contributed by atoms with E-state index in [1.165, 1.54) is 5.56 Å². The molecule has 5 rings (SSSR count). The van der Waals surface area contributed by atoms with Crippen molar-refractivity contribution in [1.82, 2.24) is 19.9 Å². The Labute approximate surface area is 157 Å². The molecule has 1 saturated heterocycles. The molecule has 0 saturated carbocycles. The van der Waals surface area contributed by atoms with E-state index in [-0.39, 0.29) is 11.8 Å². The Kier molecular flexibility index (Phi) is 3.74. The van der Waals surface area contributed by atoms with Gasteiger partial charge in [-0.2, -0.15) is 0 Å². The summed E-state index contributed by atoms with van der Waals surface area (Å²) in [5.74, 6) is 1.35. The van der Waals surface area contributed by atoms with E-state index >= 15 is 0 Å². The van der Waals surface area contributed by atoms with Gasteiger partial charge in [-0.3, -0.25) is 4.79 Å². The predicted molar refractivity (Wildman–Crippen MR) is 107 cm³/mol. The molecule has 2 aromatic heterocycles. The van der Waals surface area contributed by atoms with Crippen molar-refractivity contribution in [2.75, 3.05) is 13.1 Å². The number of H-pyrrole nitrogens is 2. The molecule has 1 aliphatic heterocycles. The number of hydrogen-bond donors (Lipinski definition) is 2. The Morgan fingerprint density at radius 3 is 3.00 bits per heavy atom. The molecule has 0 spiro atoms. The van der Waals surface area contributed by atoms with E-state index in [2.05, 4.69) is 29.0 Å². The first-order valence-electron chi connectivity index (χ1n) is 9.51. The second-order valence-electron chi connectivity index (χ2n) is 7.46. The topological polar surface area (TPSA) is 64.8 Å². The fourth-order valence-corrected chi connectivity index (χ4v) is 4.14. The SMILES string of the molecule is Cc1cccc2[nH]c([C@H]3CCCN(C(=O)c4ccc5cc[nH]c5c4)C3)nc12. The number of likely N-dealkylation sites (tertiary alicyclic amines) is 1. The lowest BCUT2D eigenvalue weighted by Crippen LogP contribution is -2.39. The van der Waals surface area contributed by atoms with Gasteiger partial charge in [-0.1, -0.05) is 18.2 Å². The highest BCUT2D eigenvalue weighted by molar-refractivity contribution is 5.98. The Hall–Kier alpha value is -3.08. The van der Waals surface area contributed by atoms with Crippen molar-refractivity contribution >= 4 is 27.8 Å². The highest BCUT2D eigenvalue weighted by atomic mass is 16.2. The summed E-state index contributed by atoms with van der Waals surface area (Å²) in [6.07, 6.45) is 3.95. The van der Waals surface area contributed by atoms with E-state index in [0.717, 1.165) is 52.7 Å². The fourth-order valence-electron chi connectivity index (χ4n) is 4.14. The van der Waals surface area contributed by atoms with Crippen molar-refractivity contribution in [3.05, 3.63) is 65.6 Å². The van der Waals surface area contributed by atoms with Crippen molar-refractivity contribution in [1.29, 1.82) is 0 Å². The van der Waals surface area contributed by atoms with Gasteiger partial charge in [0.25, 0.3) is 5.91 Å². The molecule has 2 aromatic carbocycles. The quantitative estimate of drug-likeness (QED) is 0.559. The number of rotatable bonds is 2. The molecule has 136 valence electrons. The number of hydrogen-bond acceptors (Lipinski definition) is 2. The van der Waals surface area contributed by atoms with Gasteiger partial charge in [0.2, 0.25) is 0 Å². The summed E-state index contributed by atoms with van der Waals surface area (Å²) in [5, 5.41) is 1.13. The molecule has 1 amide bonds. The molecule has 0 bridgehead atoms. The number of benzene rings is 2. The van der Waals surface area contributed by atoms with Crippen LogP contribution < -0.4 is 0 Å². The van der Waals surface area contributed by atoms with Crippen LogP contribution in [0.4, 0.5) is 0 Å². The zero-order chi connectivity index (χ0) is 18.4. The number of imidazole rings is 1. The second kappa shape index (κ2) is 6.27. The molecule has 0 unspecified atom stereocenters. The molecule has 5 heteroatoms. The highest BCUT2D eigenvalue weighted by Gasteiger charge is 2.27. The van der Waals surface area contributed by atoms with Gasteiger partial charge in [0.05, 0.1) is 11.0 Å². The minimum Gasteiger partial charge on any atom is -0.361 e. The average Bonchev–Trinajstić information content (AvgIpc) is 3.34. The zero-order valence-corrected chi connectivity index (χ0v) is 15.3. The van der Waals surface area contributed by atoms with Gasteiger partial charge in [-0.05, 0) is 55.0 Å². The molecule has 0 radical (unpaired) electrons. The van der Waals surface area contributed by atoms with Crippen LogP contribution in [0.1, 0.15) is 40.5 Å². The predicted octanol–water partition coefficient (Wildman–Crippen LogP) is 4.37. The van der Waals surface area contributed by atoms with Crippen molar-refractivity contribution in [3.63, 3.8) is 0 Å². The van der Waals surface area contributed by atoms with E-state index in [0.29, 0.717) is 6.54 Å². The Morgan fingerprint density at radius 1 is 1.19 bits per heavy atom. The van der Waals surface area contributed by atoms with Crippen molar-refractivity contribution in [2.45, 2.75) is 25.7 Å². The number of para-hydroxylation sites is 1. The summed E-state index contributed by atoms with van der Waals surface area (Å²) in [4.78, 5) is 26.5. The van der Waals surface area contributed by atoms with Crippen molar-refractivity contribution in [2.24, 2.45) is 0 Å². The first-order chi connectivity index (χ1) is 13.2. The second-order valence-corrected chi connectivity index (χ2v) is 7.46. The van der Waals surface area contributed by atoms with Crippen molar-refractivity contribution < 1.29 is 4.79 Å². The highest BCUT2D eigenvalue weighted by Crippen LogP contribution is 2.28. The fraction of sp³-hybridized carbons (Fsp3) is 0.273. The summed E-state index contributed by atoms with van der Waals surface area (Å²) in [5.41, 5.74) is 5.03. The van der Waals surface area contributed by atoms with Gasteiger partial charge in [-0.15, -0.1) is 0 Å². The maximum atomic E-state index is 13.0. The van der Waals surface area contributed by atoms with Crippen LogP contribution in [-0.4, -0.2) is 38.8 Å². The number of nitrogens with one attached hydrogen (secondary N) is 2. The van der Waals surface area contributed by atoms with Crippen LogP contribution in [0.2, 0.25) is 0 Å². The Balaban J connectivity index is 1.40. The summed E-state index contributed by atoms with van der Waals surface area (Å²) in [6, 6.07) is 14.1. The van der Waals surface area contributed by atoms with Crippen LogP contribution in [0.25, 0.3) is 21.9 Å². The summed E-state index contributed by atoms with van der Waals surface area (Å²) >= 11 is 0. The number of aromatic nitrogens is 3. The lowest BCUT2D eigenvalue weighted by molar-refractivity contribution is 0.0705. The van der Waals surface area contributed by atoms with E-state index in [9.17, 15) is 4.79 Å². The molecular formula is C22H22N4O. The van der Waals surface area contributed by atoms with Gasteiger partial charge in [0.1, 0.15) is 5.82 Å². The molecular weight excluding hydrogens is 336 g/mol. The van der Waals surface area contributed by atoms with Crippen LogP contribution in [-0.2, 0) is 0 Å². The minimum absolute atomic E-state index is 0.100. The van der Waals surface area contributed by atoms with E-state index in [4.69, 9.17) is 4.98 Å². The molecule has 1 fully saturated rings. The number of amides is 1. The number of carbonyl (C=O) groups excluding carboxylic acids is 1. The molecule has 3 heterocycles. The monoisotopic (exact) mass is 358 g/mol. The van der Waals surface area contributed by atoms with E-state index in [1.54, 1.807) is 0 Å². The lowest BCUT2D eigenvalue weighted by Gasteiger charge is -2.32. The van der Waals surface area contributed by atoms with E-state index in [1.807, 2.05) is 41.4 Å². The number of aromatic amines is 2. The van der Waals surface area contributed by atoms with E-state index < -0.39 is 0 Å². The maximum absolute atomic E-state index is 13.0. The molecule has 27 heavy (non-hydrogen) atoms. The summed E-state index contributed by atoms with van der Waals surface area (Å²) in [6.45, 7) is 3.60. The molecule has 5 nitrogen and oxygen atoms in total. The number of carbonyl (C=O) groups is 1. The average molecular weight is 358 g/mol. The third-order valence-corrected chi connectivity index (χ3v) is 5.63. The first kappa shape index (κ1) is 16.1. The first-order valence-corrected chi connectivity index (χ1v) is 9.51. The third kappa shape index (κ3) is 2.79. The van der Waals surface area contributed by atoms with Crippen molar-refractivity contribution in [3.8, 4) is 0 Å². The smallest absolute Gasteiger partial charge is 0.253 e. The van der Waals surface area contributed by atoms with Crippen LogP contribution in [0, 0.1) is 6.92 Å². The Morgan fingerprint density at radius 2 is 2.11 bits per heavy atom. The zero-order valence-electron chi connectivity index (χ0n) is 15.3. The third-order valence-electron chi connectivity index (χ3n) is 5.63. The normalized spacial score (nSPS) is 17.7. The lowest BCUT2D eigenvalue weighted by atomic mass is 9.96. The van der Waals surface area contributed by atoms with Gasteiger partial charge in [0, 0.05) is 36.3 Å². The number of fused-ring (bicyclic) bond motifs is 2. The van der Waals surface area contributed by atoms with Gasteiger partial charge in [-0.25, -0.2) is 4.98 Å². The van der Waals surface area contributed by atoms with Gasteiger partial charge >= 0.3 is 0 Å². The standard InChI is InChI=1S/C22H22N4O/c1-14-4-2-6-18-20(14)25-21(24-18)17-5-3-11-26(13-17)22(27)16-8-7-15-9-10-23-19(15)12-16/h2,4,6-10,12,17,23H,3,5,11,13H2,1H3,(H,24,25)/t17-/m0/s1. The largest absolute Gasteiger partial charge is 0.361 e. The molecule has 2 N–H and O–H groups in total. The van der Waals surface area contributed by atoms with Crippen LogP contribution in [0.5, 0.6) is 0 Å². The van der Waals surface area contributed by atoms with Gasteiger partial charge in [0.15, 0.2) is 0 Å². The maximum Gasteiger partial charge on any atom is 0.253 e. The molecule has 4 aromatic rings. The number of piperidine rings is 1. The summed E-state index contributed by atoms with van der Waals surface area (Å²) < 4.78 is 0. The Bertz CT molecular complexity index is 1140. The molecule has 1 atom stereocenters. The molecule has 0 aliphatic carbocycles. The molecule has 1 aliphatic rings. The number of nitrogens with zero attached hydrogens (tertiary/aromatic N) is 2. The van der Waals surface area contributed by atoms with Crippen LogP contribution in [0.15, 0.2) is 48.7 Å². The van der Waals surface area contributed by atoms with Crippen LogP contribution in [0.3, 0.4) is 0 Å². The minimum atomic E-state index is 0.100. The summed E-state index contributed by atoms with van der Waals surface area (Å²) in [7, 11) is 0. The van der Waals surface area contributed by atoms with Gasteiger partial charge < -0.3 is 14.9 Å². The number of aryl methyl sites for hydroxylation is 1.